The summed E-state index contributed by atoms with van der Waals surface area (Å²) in [6.45, 7) is 5.44. The maximum Gasteiger partial charge on any atom is 0.341 e. The van der Waals surface area contributed by atoms with Crippen LogP contribution >= 0.6 is 0 Å². The minimum absolute atomic E-state index is 0.0559. The summed E-state index contributed by atoms with van der Waals surface area (Å²) >= 11 is 0. The first-order valence-electron chi connectivity index (χ1n) is 10.9. The van der Waals surface area contributed by atoms with E-state index in [1.54, 1.807) is 6.07 Å². The number of hydrogen-bond acceptors (Lipinski definition) is 7. The van der Waals surface area contributed by atoms with Crippen LogP contribution in [-0.2, 0) is 14.6 Å². The van der Waals surface area contributed by atoms with Gasteiger partial charge in [0.05, 0.1) is 30.0 Å². The number of sulfone groups is 1. The van der Waals surface area contributed by atoms with Gasteiger partial charge in [-0.3, -0.25) is 4.79 Å². The molecule has 4 rings (SSSR count). The Balaban J connectivity index is 1.77. The Morgan fingerprint density at radius 2 is 1.91 bits per heavy atom. The van der Waals surface area contributed by atoms with Gasteiger partial charge in [0, 0.05) is 10.8 Å². The summed E-state index contributed by atoms with van der Waals surface area (Å²) in [4.78, 5) is 30.7. The highest BCUT2D eigenvalue weighted by Gasteiger charge is 2.31. The topological polar surface area (TPSA) is 112 Å². The van der Waals surface area contributed by atoms with E-state index in [4.69, 9.17) is 9.47 Å². The minimum atomic E-state index is -3.31. The van der Waals surface area contributed by atoms with Gasteiger partial charge < -0.3 is 14.8 Å². The molecule has 9 heteroatoms. The lowest BCUT2D eigenvalue weighted by molar-refractivity contribution is 0.00692. The van der Waals surface area contributed by atoms with Crippen molar-refractivity contribution in [3.8, 4) is 5.88 Å². The van der Waals surface area contributed by atoms with E-state index in [0.29, 0.717) is 16.5 Å². The van der Waals surface area contributed by atoms with Crippen molar-refractivity contribution in [2.75, 3.05) is 12.9 Å². The van der Waals surface area contributed by atoms with Crippen molar-refractivity contribution in [3.63, 3.8) is 0 Å². The van der Waals surface area contributed by atoms with Gasteiger partial charge >= 0.3 is 5.97 Å². The second kappa shape index (κ2) is 8.44. The number of esters is 1. The van der Waals surface area contributed by atoms with Crippen LogP contribution in [0.15, 0.2) is 29.7 Å². The molecule has 8 nitrogen and oxygen atoms in total. The number of nitrogens with one attached hydrogen (secondary N) is 1. The van der Waals surface area contributed by atoms with E-state index >= 15 is 0 Å². The number of amides is 1. The highest BCUT2D eigenvalue weighted by Crippen LogP contribution is 2.41. The Morgan fingerprint density at radius 1 is 1.18 bits per heavy atom. The Labute approximate surface area is 193 Å². The lowest BCUT2D eigenvalue weighted by atomic mass is 9.77. The molecular formula is C24H28N2O6S. The molecule has 2 aliphatic rings. The van der Waals surface area contributed by atoms with E-state index < -0.39 is 33.4 Å². The molecule has 0 radical (unpaired) electrons. The number of benzene rings is 1. The summed E-state index contributed by atoms with van der Waals surface area (Å²) in [5.74, 6) is -0.822. The lowest BCUT2D eigenvalue weighted by Gasteiger charge is -2.29. The first kappa shape index (κ1) is 23.2. The number of methoxy groups -OCH3 is 1. The second-order valence-corrected chi connectivity index (χ2v) is 11.4. The molecule has 176 valence electrons. The van der Waals surface area contributed by atoms with Gasteiger partial charge in [0.15, 0.2) is 9.84 Å². The van der Waals surface area contributed by atoms with Gasteiger partial charge in [0.1, 0.15) is 11.2 Å². The first-order valence-corrected chi connectivity index (χ1v) is 12.7. The summed E-state index contributed by atoms with van der Waals surface area (Å²) in [5.41, 5.74) is 1.22. The third-order valence-electron chi connectivity index (χ3n) is 5.82. The number of carbonyl (C=O) groups excluding carboxylic acids is 2. The SMILES string of the molecule is COc1nc2c(C(=O)OC(C)(C)C)c(C3CCC3)ccc2cc1C(=O)N[C@@H]1C=CS(=O)(=O)C1. The Morgan fingerprint density at radius 3 is 2.45 bits per heavy atom. The number of rotatable bonds is 5. The smallest absolute Gasteiger partial charge is 0.341 e. The maximum absolute atomic E-state index is 13.2. The third kappa shape index (κ3) is 4.88. The summed E-state index contributed by atoms with van der Waals surface area (Å²) in [6, 6.07) is 4.75. The van der Waals surface area contributed by atoms with Gasteiger partial charge in [-0.2, -0.15) is 0 Å². The fraction of sp³-hybridized carbons (Fsp3) is 0.458. The minimum Gasteiger partial charge on any atom is -0.480 e. The van der Waals surface area contributed by atoms with Crippen LogP contribution in [0, 0.1) is 0 Å². The molecule has 2 heterocycles. The highest BCUT2D eigenvalue weighted by molar-refractivity contribution is 7.94. The summed E-state index contributed by atoms with van der Waals surface area (Å²) in [5, 5.41) is 4.39. The van der Waals surface area contributed by atoms with Gasteiger partial charge in [-0.1, -0.05) is 18.6 Å². The molecule has 0 bridgehead atoms. The van der Waals surface area contributed by atoms with E-state index in [-0.39, 0.29) is 23.1 Å². The number of hydrogen-bond donors (Lipinski definition) is 1. The largest absolute Gasteiger partial charge is 0.480 e. The van der Waals surface area contributed by atoms with E-state index in [1.165, 1.54) is 13.2 Å². The molecule has 1 saturated carbocycles. The van der Waals surface area contributed by atoms with Crippen molar-refractivity contribution in [3.05, 3.63) is 46.4 Å². The highest BCUT2D eigenvalue weighted by atomic mass is 32.2. The molecule has 2 aromatic rings. The van der Waals surface area contributed by atoms with Gasteiger partial charge in [0.2, 0.25) is 5.88 Å². The maximum atomic E-state index is 13.2. The molecular weight excluding hydrogens is 444 g/mol. The Hall–Kier alpha value is -2.94. The van der Waals surface area contributed by atoms with Gasteiger partial charge in [-0.15, -0.1) is 0 Å². The molecule has 0 spiro atoms. The molecule has 1 atom stereocenters. The molecule has 1 N–H and O–H groups in total. The molecule has 0 saturated heterocycles. The molecule has 1 aromatic heterocycles. The van der Waals surface area contributed by atoms with Crippen LogP contribution in [0.2, 0.25) is 0 Å². The number of carbonyl (C=O) groups is 2. The summed E-state index contributed by atoms with van der Waals surface area (Å²) in [7, 11) is -1.91. The van der Waals surface area contributed by atoms with Crippen LogP contribution < -0.4 is 10.1 Å². The van der Waals surface area contributed by atoms with Crippen LogP contribution in [0.3, 0.4) is 0 Å². The molecule has 1 aromatic carbocycles. The second-order valence-electron chi connectivity index (χ2n) is 9.51. The van der Waals surface area contributed by atoms with E-state index in [2.05, 4.69) is 10.3 Å². The van der Waals surface area contributed by atoms with Crippen LogP contribution in [0.25, 0.3) is 10.9 Å². The molecule has 1 aliphatic carbocycles. The average molecular weight is 473 g/mol. The first-order chi connectivity index (χ1) is 15.5. The van der Waals surface area contributed by atoms with Gasteiger partial charge in [-0.05, 0) is 57.2 Å². The Kier molecular flexibility index (Phi) is 5.94. The van der Waals surface area contributed by atoms with Crippen LogP contribution in [0.4, 0.5) is 0 Å². The van der Waals surface area contributed by atoms with Crippen molar-refractivity contribution < 1.29 is 27.5 Å². The lowest BCUT2D eigenvalue weighted by Crippen LogP contribution is -2.35. The van der Waals surface area contributed by atoms with Crippen molar-refractivity contribution in [2.24, 2.45) is 0 Å². The number of aromatic nitrogens is 1. The predicted octanol–water partition coefficient (Wildman–Crippen LogP) is 3.51. The van der Waals surface area contributed by atoms with Crippen molar-refractivity contribution in [1.29, 1.82) is 0 Å². The summed E-state index contributed by atoms with van der Waals surface area (Å²) in [6.07, 6.45) is 4.55. The fourth-order valence-electron chi connectivity index (χ4n) is 4.07. The van der Waals surface area contributed by atoms with Crippen LogP contribution in [0.1, 0.15) is 72.2 Å². The fourth-order valence-corrected chi connectivity index (χ4v) is 5.31. The number of ether oxygens (including phenoxy) is 2. The zero-order chi connectivity index (χ0) is 24.0. The number of nitrogens with zero attached hydrogens (tertiary/aromatic N) is 1. The monoisotopic (exact) mass is 472 g/mol. The number of pyridine rings is 1. The third-order valence-corrected chi connectivity index (χ3v) is 7.21. The standard InChI is InChI=1S/C24H28N2O6S/c1-24(2,3)32-23(28)19-17(14-6-5-7-14)9-8-15-12-18(22(31-4)26-20(15)19)21(27)25-16-10-11-33(29,30)13-16/h8-12,14,16H,5-7,13H2,1-4H3,(H,25,27)/t16-/m1/s1. The van der Waals surface area contributed by atoms with E-state index in [1.807, 2.05) is 32.9 Å². The van der Waals surface area contributed by atoms with Gasteiger partial charge in [0.25, 0.3) is 5.91 Å². The predicted molar refractivity (Wildman–Crippen MR) is 124 cm³/mol. The molecule has 0 unspecified atom stereocenters. The van der Waals surface area contributed by atoms with E-state index in [9.17, 15) is 18.0 Å². The molecule has 1 aliphatic heterocycles. The average Bonchev–Trinajstić information content (AvgIpc) is 3.02. The summed E-state index contributed by atoms with van der Waals surface area (Å²) < 4.78 is 34.4. The van der Waals surface area contributed by atoms with Crippen molar-refractivity contribution in [1.82, 2.24) is 10.3 Å². The van der Waals surface area contributed by atoms with E-state index in [0.717, 1.165) is 30.2 Å². The van der Waals surface area contributed by atoms with Crippen molar-refractivity contribution >= 4 is 32.6 Å². The normalized spacial score (nSPS) is 19.8. The quantitative estimate of drug-likeness (QED) is 0.663. The zero-order valence-electron chi connectivity index (χ0n) is 19.2. The van der Waals surface area contributed by atoms with Crippen molar-refractivity contribution in [2.45, 2.75) is 57.6 Å². The molecule has 1 fully saturated rings. The zero-order valence-corrected chi connectivity index (χ0v) is 20.0. The van der Waals surface area contributed by atoms with Crippen LogP contribution in [0.5, 0.6) is 5.88 Å². The van der Waals surface area contributed by atoms with Gasteiger partial charge in [-0.25, -0.2) is 18.2 Å². The molecule has 33 heavy (non-hydrogen) atoms. The number of fused-ring (bicyclic) bond motifs is 1. The molecule has 1 amide bonds. The Bertz CT molecular complexity index is 1260. The van der Waals surface area contributed by atoms with Crippen LogP contribution in [-0.4, -0.2) is 49.8 Å².